The molecule has 0 aliphatic carbocycles. The summed E-state index contributed by atoms with van der Waals surface area (Å²) in [7, 11) is 0. The Bertz CT molecular complexity index is 786. The zero-order valence-corrected chi connectivity index (χ0v) is 14.6. The first kappa shape index (κ1) is 18.5. The van der Waals surface area contributed by atoms with Gasteiger partial charge >= 0.3 is 5.97 Å². The molecule has 0 atom stereocenters. The van der Waals surface area contributed by atoms with E-state index in [1.807, 2.05) is 6.07 Å². The minimum atomic E-state index is -0.672. The molecule has 0 saturated heterocycles. The van der Waals surface area contributed by atoms with Crippen LogP contribution < -0.4 is 15.8 Å². The largest absolute Gasteiger partial charge is 0.484 e. The highest BCUT2D eigenvalue weighted by Gasteiger charge is 2.25. The van der Waals surface area contributed by atoms with Gasteiger partial charge in [-0.15, -0.1) is 11.3 Å². The second-order valence-corrected chi connectivity index (χ2v) is 6.02. The molecule has 132 valence electrons. The van der Waals surface area contributed by atoms with Gasteiger partial charge in [0.15, 0.2) is 6.61 Å². The van der Waals surface area contributed by atoms with Crippen LogP contribution in [0.4, 0.5) is 5.00 Å². The molecule has 2 amide bonds. The Balaban J connectivity index is 2.16. The molecule has 3 N–H and O–H groups in total. The van der Waals surface area contributed by atoms with E-state index in [2.05, 4.69) is 5.32 Å². The van der Waals surface area contributed by atoms with Crippen molar-refractivity contribution >= 4 is 34.1 Å². The SMILES string of the molecule is CCOC(=O)c1c(NC(=O)COc2ccccc2)sc(C(N)=O)c1C. The minimum absolute atomic E-state index is 0.133. The normalized spacial score (nSPS) is 10.2. The maximum atomic E-state index is 12.1. The number of benzene rings is 1. The number of hydrogen-bond acceptors (Lipinski definition) is 6. The molecule has 2 rings (SSSR count). The quantitative estimate of drug-likeness (QED) is 0.735. The van der Waals surface area contributed by atoms with Crippen molar-refractivity contribution in [2.24, 2.45) is 5.73 Å². The number of carbonyl (C=O) groups excluding carboxylic acids is 3. The van der Waals surface area contributed by atoms with Gasteiger partial charge in [0.1, 0.15) is 10.8 Å². The molecule has 0 spiro atoms. The minimum Gasteiger partial charge on any atom is -0.484 e. The molecule has 8 heteroatoms. The summed E-state index contributed by atoms with van der Waals surface area (Å²) in [4.78, 5) is 35.9. The smallest absolute Gasteiger partial charge is 0.341 e. The van der Waals surface area contributed by atoms with Gasteiger partial charge in [0.25, 0.3) is 11.8 Å². The standard InChI is InChI=1S/C17H18N2O5S/c1-3-23-17(22)13-10(2)14(15(18)21)25-16(13)19-12(20)9-24-11-7-5-4-6-8-11/h4-8H,3,9H2,1-2H3,(H2,18,21)(H,19,20). The highest BCUT2D eigenvalue weighted by molar-refractivity contribution is 7.18. The van der Waals surface area contributed by atoms with E-state index in [1.165, 1.54) is 0 Å². The van der Waals surface area contributed by atoms with Gasteiger partial charge in [0, 0.05) is 0 Å². The van der Waals surface area contributed by atoms with Crippen LogP contribution in [0.2, 0.25) is 0 Å². The molecule has 0 bridgehead atoms. The summed E-state index contributed by atoms with van der Waals surface area (Å²) in [5.74, 6) is -1.22. The van der Waals surface area contributed by atoms with Crippen LogP contribution in [0.3, 0.4) is 0 Å². The molecule has 0 unspecified atom stereocenters. The van der Waals surface area contributed by atoms with E-state index in [0.29, 0.717) is 11.3 Å². The Morgan fingerprint density at radius 1 is 1.20 bits per heavy atom. The topological polar surface area (TPSA) is 108 Å². The summed E-state index contributed by atoms with van der Waals surface area (Å²) < 4.78 is 10.3. The predicted octanol–water partition coefficient (Wildman–Crippen LogP) is 2.35. The third-order valence-corrected chi connectivity index (χ3v) is 4.44. The number of ether oxygens (including phenoxy) is 2. The van der Waals surface area contributed by atoms with Crippen molar-refractivity contribution in [3.63, 3.8) is 0 Å². The number of thiophene rings is 1. The Kier molecular flexibility index (Phi) is 6.13. The molecule has 0 aliphatic heterocycles. The molecular formula is C17H18N2O5S. The number of primary amides is 1. The summed E-state index contributed by atoms with van der Waals surface area (Å²) in [6.45, 7) is 3.18. The summed E-state index contributed by atoms with van der Waals surface area (Å²) >= 11 is 0.936. The lowest BCUT2D eigenvalue weighted by molar-refractivity contribution is -0.118. The molecule has 0 fully saturated rings. The number of para-hydroxylation sites is 1. The van der Waals surface area contributed by atoms with Crippen LogP contribution in [-0.2, 0) is 9.53 Å². The van der Waals surface area contributed by atoms with E-state index in [1.54, 1.807) is 38.1 Å². The maximum Gasteiger partial charge on any atom is 0.341 e. The zero-order valence-electron chi connectivity index (χ0n) is 13.8. The third kappa shape index (κ3) is 4.57. The lowest BCUT2D eigenvalue weighted by Crippen LogP contribution is -2.21. The summed E-state index contributed by atoms with van der Waals surface area (Å²) in [5, 5.41) is 2.80. The van der Waals surface area contributed by atoms with Gasteiger partial charge in [-0.25, -0.2) is 4.79 Å². The van der Waals surface area contributed by atoms with Gasteiger partial charge in [-0.2, -0.15) is 0 Å². The van der Waals surface area contributed by atoms with Gasteiger partial charge in [0.2, 0.25) is 0 Å². The van der Waals surface area contributed by atoms with Crippen LogP contribution in [0.15, 0.2) is 30.3 Å². The van der Waals surface area contributed by atoms with Crippen LogP contribution in [0.5, 0.6) is 5.75 Å². The van der Waals surface area contributed by atoms with Crippen LogP contribution in [-0.4, -0.2) is 31.0 Å². The Hall–Kier alpha value is -2.87. The van der Waals surface area contributed by atoms with Crippen LogP contribution in [0, 0.1) is 6.92 Å². The van der Waals surface area contributed by atoms with Crippen molar-refractivity contribution in [2.75, 3.05) is 18.5 Å². The van der Waals surface area contributed by atoms with Gasteiger partial charge in [-0.1, -0.05) is 18.2 Å². The van der Waals surface area contributed by atoms with E-state index in [0.717, 1.165) is 11.3 Å². The Morgan fingerprint density at radius 2 is 1.88 bits per heavy atom. The van der Waals surface area contributed by atoms with E-state index < -0.39 is 17.8 Å². The molecule has 2 aromatic rings. The van der Waals surface area contributed by atoms with Crippen LogP contribution in [0.25, 0.3) is 0 Å². The second kappa shape index (κ2) is 8.29. The van der Waals surface area contributed by atoms with Gasteiger partial charge in [-0.05, 0) is 31.5 Å². The Labute approximate surface area is 148 Å². The fraction of sp³-hybridized carbons (Fsp3) is 0.235. The van der Waals surface area contributed by atoms with Crippen molar-refractivity contribution in [1.82, 2.24) is 0 Å². The van der Waals surface area contributed by atoms with E-state index >= 15 is 0 Å². The average Bonchev–Trinajstić information content (AvgIpc) is 2.90. The van der Waals surface area contributed by atoms with E-state index in [4.69, 9.17) is 15.2 Å². The molecule has 1 aromatic heterocycles. The van der Waals surface area contributed by atoms with E-state index in [9.17, 15) is 14.4 Å². The number of nitrogens with one attached hydrogen (secondary N) is 1. The van der Waals surface area contributed by atoms with Gasteiger partial charge in [0.05, 0.1) is 17.0 Å². The van der Waals surface area contributed by atoms with Gasteiger partial charge in [-0.3, -0.25) is 9.59 Å². The molecule has 0 aliphatic rings. The summed E-state index contributed by atoms with van der Waals surface area (Å²) in [6.07, 6.45) is 0. The third-order valence-electron chi connectivity index (χ3n) is 3.22. The molecule has 0 saturated carbocycles. The first-order valence-corrected chi connectivity index (χ1v) is 8.33. The molecule has 1 aromatic carbocycles. The lowest BCUT2D eigenvalue weighted by atomic mass is 10.1. The van der Waals surface area contributed by atoms with E-state index in [-0.39, 0.29) is 28.7 Å². The molecule has 7 nitrogen and oxygen atoms in total. The number of anilines is 1. The highest BCUT2D eigenvalue weighted by Crippen LogP contribution is 2.33. The van der Waals surface area contributed by atoms with Crippen molar-refractivity contribution in [1.29, 1.82) is 0 Å². The number of amides is 2. The van der Waals surface area contributed by atoms with Crippen molar-refractivity contribution in [3.8, 4) is 5.75 Å². The number of hydrogen-bond donors (Lipinski definition) is 2. The Morgan fingerprint density at radius 3 is 2.48 bits per heavy atom. The molecule has 25 heavy (non-hydrogen) atoms. The average molecular weight is 362 g/mol. The molecular weight excluding hydrogens is 344 g/mol. The van der Waals surface area contributed by atoms with Gasteiger partial charge < -0.3 is 20.5 Å². The van der Waals surface area contributed by atoms with Crippen molar-refractivity contribution in [2.45, 2.75) is 13.8 Å². The van der Waals surface area contributed by atoms with Crippen molar-refractivity contribution < 1.29 is 23.9 Å². The fourth-order valence-corrected chi connectivity index (χ4v) is 3.18. The number of carbonyl (C=O) groups is 3. The summed E-state index contributed by atoms with van der Waals surface area (Å²) in [6, 6.07) is 8.84. The fourth-order valence-electron chi connectivity index (χ4n) is 2.11. The second-order valence-electron chi connectivity index (χ2n) is 4.99. The van der Waals surface area contributed by atoms with Crippen LogP contribution >= 0.6 is 11.3 Å². The molecule has 0 radical (unpaired) electrons. The highest BCUT2D eigenvalue weighted by atomic mass is 32.1. The number of rotatable bonds is 7. The molecule has 1 heterocycles. The first-order chi connectivity index (χ1) is 11.9. The summed E-state index contributed by atoms with van der Waals surface area (Å²) in [5.41, 5.74) is 5.84. The number of nitrogens with two attached hydrogens (primary N) is 1. The number of esters is 1. The van der Waals surface area contributed by atoms with Crippen LogP contribution in [0.1, 0.15) is 32.5 Å². The lowest BCUT2D eigenvalue weighted by Gasteiger charge is -2.08. The predicted molar refractivity (Wildman–Crippen MR) is 94.1 cm³/mol. The zero-order chi connectivity index (χ0) is 18.4. The van der Waals surface area contributed by atoms with Crippen molar-refractivity contribution in [3.05, 3.63) is 46.3 Å². The first-order valence-electron chi connectivity index (χ1n) is 7.52. The monoisotopic (exact) mass is 362 g/mol. The maximum absolute atomic E-state index is 12.1.